The fourth-order valence-corrected chi connectivity index (χ4v) is 2.23. The van der Waals surface area contributed by atoms with Crippen molar-refractivity contribution in [1.29, 1.82) is 0 Å². The Hall–Kier alpha value is -2.15. The fraction of sp³-hybridized carbons (Fsp3) is 0.562. The molecule has 1 aliphatic rings. The van der Waals surface area contributed by atoms with Crippen molar-refractivity contribution in [3.63, 3.8) is 0 Å². The maximum atomic E-state index is 11.8. The highest BCUT2D eigenvalue weighted by molar-refractivity contribution is 5.88. The zero-order valence-electron chi connectivity index (χ0n) is 13.8. The highest BCUT2D eigenvalue weighted by Gasteiger charge is 2.18. The van der Waals surface area contributed by atoms with E-state index in [1.54, 1.807) is 6.08 Å². The molecule has 1 fully saturated rings. The summed E-state index contributed by atoms with van der Waals surface area (Å²) in [5, 5.41) is 3.31. The van der Waals surface area contributed by atoms with E-state index < -0.39 is 0 Å². The molecule has 0 bridgehead atoms. The van der Waals surface area contributed by atoms with Crippen LogP contribution in [-0.4, -0.2) is 41.3 Å². The number of anilines is 2. The predicted molar refractivity (Wildman–Crippen MR) is 88.9 cm³/mol. The lowest BCUT2D eigenvalue weighted by Gasteiger charge is -2.15. The number of carbonyl (C=O) groups is 1. The molecule has 1 aromatic heterocycles. The van der Waals surface area contributed by atoms with E-state index in [0.717, 1.165) is 25.0 Å². The van der Waals surface area contributed by atoms with Gasteiger partial charge in [0, 0.05) is 18.2 Å². The maximum Gasteiger partial charge on any atom is 0.331 e. The summed E-state index contributed by atoms with van der Waals surface area (Å²) in [4.78, 5) is 20.2. The number of nitrogen functional groups attached to an aromatic ring is 1. The Morgan fingerprint density at radius 1 is 1.57 bits per heavy atom. The predicted octanol–water partition coefficient (Wildman–Crippen LogP) is 1.92. The first-order chi connectivity index (χ1) is 11.0. The van der Waals surface area contributed by atoms with Crippen molar-refractivity contribution in [3.05, 3.63) is 17.3 Å². The number of hydrogen-bond acceptors (Lipinski definition) is 7. The molecule has 1 aliphatic heterocycles. The number of carbonyl (C=O) groups excluding carboxylic acids is 1. The van der Waals surface area contributed by atoms with Gasteiger partial charge in [0.2, 0.25) is 5.95 Å². The Bertz CT molecular complexity index is 583. The summed E-state index contributed by atoms with van der Waals surface area (Å²) in [6.07, 6.45) is 4.63. The number of nitrogens with zero attached hydrogens (tertiary/aromatic N) is 2. The molecule has 7 nitrogen and oxygen atoms in total. The van der Waals surface area contributed by atoms with Gasteiger partial charge in [-0.25, -0.2) is 9.78 Å². The average Bonchev–Trinajstić information content (AvgIpc) is 2.99. The second-order valence-electron chi connectivity index (χ2n) is 5.62. The minimum absolute atomic E-state index is 0.107. The Morgan fingerprint density at radius 2 is 2.35 bits per heavy atom. The molecule has 0 amide bonds. The molecule has 2 unspecified atom stereocenters. The number of nitrogens with two attached hydrogens (primary N) is 1. The number of hydrogen-bond donors (Lipinski definition) is 2. The lowest BCUT2D eigenvalue weighted by molar-refractivity contribution is -0.142. The molecule has 7 heteroatoms. The zero-order valence-corrected chi connectivity index (χ0v) is 13.8. The summed E-state index contributed by atoms with van der Waals surface area (Å²) in [5.41, 5.74) is 7.16. The van der Waals surface area contributed by atoms with Crippen LogP contribution >= 0.6 is 0 Å². The Labute approximate surface area is 136 Å². The van der Waals surface area contributed by atoms with Crippen LogP contribution in [0, 0.1) is 6.92 Å². The average molecular weight is 320 g/mol. The Kier molecular flexibility index (Phi) is 5.92. The summed E-state index contributed by atoms with van der Waals surface area (Å²) < 4.78 is 10.6. The molecule has 2 heterocycles. The van der Waals surface area contributed by atoms with Crippen LogP contribution in [0.5, 0.6) is 0 Å². The van der Waals surface area contributed by atoms with Gasteiger partial charge in [-0.1, -0.05) is 6.92 Å². The van der Waals surface area contributed by atoms with E-state index >= 15 is 0 Å². The molecule has 2 rings (SSSR count). The normalized spacial score (nSPS) is 19.0. The smallest absolute Gasteiger partial charge is 0.331 e. The number of aryl methyl sites for hydroxylation is 1. The largest absolute Gasteiger partial charge is 0.460 e. The monoisotopic (exact) mass is 320 g/mol. The van der Waals surface area contributed by atoms with Gasteiger partial charge >= 0.3 is 5.97 Å². The minimum Gasteiger partial charge on any atom is -0.460 e. The van der Waals surface area contributed by atoms with E-state index in [9.17, 15) is 4.79 Å². The van der Waals surface area contributed by atoms with Crippen LogP contribution in [0.2, 0.25) is 0 Å². The highest BCUT2D eigenvalue weighted by Crippen LogP contribution is 2.21. The van der Waals surface area contributed by atoms with Gasteiger partial charge in [-0.15, -0.1) is 0 Å². The Morgan fingerprint density at radius 3 is 3.00 bits per heavy atom. The van der Waals surface area contributed by atoms with E-state index in [1.807, 2.05) is 20.8 Å². The van der Waals surface area contributed by atoms with Crippen molar-refractivity contribution >= 4 is 23.8 Å². The fourth-order valence-electron chi connectivity index (χ4n) is 2.23. The van der Waals surface area contributed by atoms with Gasteiger partial charge in [0.1, 0.15) is 5.82 Å². The third-order valence-corrected chi connectivity index (χ3v) is 3.70. The third-order valence-electron chi connectivity index (χ3n) is 3.70. The van der Waals surface area contributed by atoms with E-state index in [-0.39, 0.29) is 24.1 Å². The van der Waals surface area contributed by atoms with Gasteiger partial charge in [-0.3, -0.25) is 0 Å². The molecule has 126 valence electrons. The minimum atomic E-state index is -0.384. The molecule has 1 saturated heterocycles. The quantitative estimate of drug-likeness (QED) is 0.610. The number of nitrogens with one attached hydrogen (secondary N) is 1. The molecule has 2 atom stereocenters. The number of rotatable bonds is 6. The van der Waals surface area contributed by atoms with E-state index in [2.05, 4.69) is 15.3 Å². The van der Waals surface area contributed by atoms with Gasteiger partial charge in [-0.2, -0.15) is 4.98 Å². The molecule has 1 aromatic rings. The Balaban J connectivity index is 2.17. The molecule has 0 aromatic carbocycles. The highest BCUT2D eigenvalue weighted by atomic mass is 16.5. The summed E-state index contributed by atoms with van der Waals surface area (Å²) in [6.45, 7) is 7.00. The number of aromatic nitrogens is 2. The SMILES string of the molecule is CCC(C)OC(=O)/C=C/c1c(C)nc(N)nc1NC1CCOC1. The van der Waals surface area contributed by atoms with Crippen LogP contribution in [-0.2, 0) is 14.3 Å². The van der Waals surface area contributed by atoms with Gasteiger partial charge < -0.3 is 20.5 Å². The molecular formula is C16H24N4O3. The zero-order chi connectivity index (χ0) is 16.8. The van der Waals surface area contributed by atoms with E-state index in [4.69, 9.17) is 15.2 Å². The van der Waals surface area contributed by atoms with Gasteiger partial charge in [0.05, 0.1) is 24.4 Å². The van der Waals surface area contributed by atoms with Crippen LogP contribution in [0.3, 0.4) is 0 Å². The van der Waals surface area contributed by atoms with E-state index in [1.165, 1.54) is 6.08 Å². The second kappa shape index (κ2) is 7.92. The van der Waals surface area contributed by atoms with Crippen molar-refractivity contribution in [2.75, 3.05) is 24.3 Å². The second-order valence-corrected chi connectivity index (χ2v) is 5.62. The van der Waals surface area contributed by atoms with Gasteiger partial charge in [-0.05, 0) is 32.8 Å². The van der Waals surface area contributed by atoms with E-state index in [0.29, 0.717) is 18.1 Å². The summed E-state index contributed by atoms with van der Waals surface area (Å²) >= 11 is 0. The van der Waals surface area contributed by atoms with Crippen molar-refractivity contribution in [2.24, 2.45) is 0 Å². The topological polar surface area (TPSA) is 99.4 Å². The molecule has 0 spiro atoms. The van der Waals surface area contributed by atoms with Crippen LogP contribution in [0.15, 0.2) is 6.08 Å². The van der Waals surface area contributed by atoms with Gasteiger partial charge in [0.25, 0.3) is 0 Å². The molecule has 0 radical (unpaired) electrons. The van der Waals surface area contributed by atoms with Crippen LogP contribution < -0.4 is 11.1 Å². The van der Waals surface area contributed by atoms with Crippen molar-refractivity contribution in [3.8, 4) is 0 Å². The first-order valence-electron chi connectivity index (χ1n) is 7.86. The number of ether oxygens (including phenoxy) is 2. The molecule has 0 aliphatic carbocycles. The molecule has 23 heavy (non-hydrogen) atoms. The van der Waals surface area contributed by atoms with Crippen LogP contribution in [0.4, 0.5) is 11.8 Å². The first kappa shape index (κ1) is 17.2. The van der Waals surface area contributed by atoms with Crippen molar-refractivity contribution < 1.29 is 14.3 Å². The summed E-state index contributed by atoms with van der Waals surface area (Å²) in [6, 6.07) is 0.183. The van der Waals surface area contributed by atoms with Crippen LogP contribution in [0.25, 0.3) is 6.08 Å². The molecule has 0 saturated carbocycles. The molecular weight excluding hydrogens is 296 g/mol. The van der Waals surface area contributed by atoms with Crippen molar-refractivity contribution in [1.82, 2.24) is 9.97 Å². The standard InChI is InChI=1S/C16H24N4O3/c1-4-10(2)23-14(21)6-5-13-11(3)18-16(17)20-15(13)19-12-7-8-22-9-12/h5-6,10,12H,4,7-9H2,1-3H3,(H3,17,18,19,20)/b6-5+. The van der Waals surface area contributed by atoms with Crippen molar-refractivity contribution in [2.45, 2.75) is 45.8 Å². The molecule has 3 N–H and O–H groups in total. The lowest BCUT2D eigenvalue weighted by atomic mass is 10.1. The first-order valence-corrected chi connectivity index (χ1v) is 7.86. The third kappa shape index (κ3) is 4.92. The summed E-state index contributed by atoms with van der Waals surface area (Å²) in [5.74, 6) is 0.423. The summed E-state index contributed by atoms with van der Waals surface area (Å²) in [7, 11) is 0. The van der Waals surface area contributed by atoms with Gasteiger partial charge in [0.15, 0.2) is 0 Å². The van der Waals surface area contributed by atoms with Crippen LogP contribution in [0.1, 0.15) is 37.9 Å². The lowest BCUT2D eigenvalue weighted by Crippen LogP contribution is -2.21. The maximum absolute atomic E-state index is 11.8. The number of esters is 1.